The van der Waals surface area contributed by atoms with E-state index in [-0.39, 0.29) is 53.9 Å². The van der Waals surface area contributed by atoms with Crippen LogP contribution >= 0.6 is 0 Å². The molecule has 0 aliphatic heterocycles. The normalized spacial score (nSPS) is 33.9. The van der Waals surface area contributed by atoms with Crippen LogP contribution in [0.3, 0.4) is 0 Å². The van der Waals surface area contributed by atoms with E-state index in [1.54, 1.807) is 4.90 Å². The fraction of sp³-hybridized carbons (Fsp3) is 0.489. The highest BCUT2D eigenvalue weighted by molar-refractivity contribution is 6.14. The summed E-state index contributed by atoms with van der Waals surface area (Å²) in [7, 11) is 0. The maximum absolute atomic E-state index is 15.5. The average Bonchev–Trinajstić information content (AvgIpc) is 3.44. The summed E-state index contributed by atoms with van der Waals surface area (Å²) in [5, 5.41) is 27.2. The number of nitrogens with zero attached hydrogens (tertiary/aromatic N) is 1. The molecule has 0 radical (unpaired) electrons. The molecule has 6 aliphatic carbocycles. The standard InChI is InChI=1S/C47H53F3N2O5/c1-30(2)51-41(55)52(28-31-14-16-34(17-15-31)57-47(48,49)50)29-45(56)23-20-39-43(45,4)22-19-38-42(3)21-18-33(53)26-44(42)24-25-46(38,39)37(27-44)40(54)36-13-9-8-12-35(36)32-10-6-5-7-11-32/h5-17,24-25,27,30,33,38-39,53,56H,18-23,26,28-29H2,1-4H3,(H,51,55). The van der Waals surface area contributed by atoms with Crippen LogP contribution < -0.4 is 10.1 Å². The number of benzene rings is 3. The molecule has 302 valence electrons. The second kappa shape index (κ2) is 13.9. The predicted molar refractivity (Wildman–Crippen MR) is 212 cm³/mol. The molecule has 7 nitrogen and oxygen atoms in total. The number of Topliss-reactive ketones (excluding diaryl/α,β-unsaturated/α-hetero) is 1. The van der Waals surface area contributed by atoms with Gasteiger partial charge in [-0.15, -0.1) is 13.2 Å². The van der Waals surface area contributed by atoms with Gasteiger partial charge in [-0.05, 0) is 105 Å². The Morgan fingerprint density at radius 3 is 2.23 bits per heavy atom. The number of allylic oxidation sites excluding steroid dienone is 4. The van der Waals surface area contributed by atoms with Gasteiger partial charge in [0.1, 0.15) is 5.75 Å². The summed E-state index contributed by atoms with van der Waals surface area (Å²) in [4.78, 5) is 30.9. The summed E-state index contributed by atoms with van der Waals surface area (Å²) in [5.41, 5.74) is 0.328. The first kappa shape index (κ1) is 39.4. The average molecular weight is 783 g/mol. The van der Waals surface area contributed by atoms with Gasteiger partial charge in [0, 0.05) is 40.0 Å². The third-order valence-corrected chi connectivity index (χ3v) is 14.9. The molecule has 0 heterocycles. The number of hydrogen-bond acceptors (Lipinski definition) is 5. The lowest BCUT2D eigenvalue weighted by atomic mass is 9.32. The molecule has 57 heavy (non-hydrogen) atoms. The minimum absolute atomic E-state index is 0.00104. The molecule has 9 rings (SSSR count). The van der Waals surface area contributed by atoms with E-state index in [9.17, 15) is 28.2 Å². The van der Waals surface area contributed by atoms with Crippen LogP contribution in [0.15, 0.2) is 103 Å². The lowest BCUT2D eigenvalue weighted by Crippen LogP contribution is -2.67. The molecule has 10 heteroatoms. The van der Waals surface area contributed by atoms with Gasteiger partial charge in [-0.25, -0.2) is 4.79 Å². The molecular formula is C47H53F3N2O5. The fourth-order valence-electron chi connectivity index (χ4n) is 12.2. The summed E-state index contributed by atoms with van der Waals surface area (Å²) in [6.07, 6.45) is 6.05. The number of alkyl halides is 3. The third kappa shape index (κ3) is 6.33. The van der Waals surface area contributed by atoms with E-state index in [0.717, 1.165) is 29.5 Å². The van der Waals surface area contributed by atoms with Gasteiger partial charge in [0.05, 0.1) is 18.2 Å². The number of carbonyl (C=O) groups is 2. The van der Waals surface area contributed by atoms with E-state index in [4.69, 9.17) is 0 Å². The van der Waals surface area contributed by atoms with Crippen molar-refractivity contribution in [3.05, 3.63) is 114 Å². The molecule has 2 spiro atoms. The Morgan fingerprint density at radius 1 is 0.877 bits per heavy atom. The Labute approximate surface area is 333 Å². The second-order valence-electron chi connectivity index (χ2n) is 18.2. The largest absolute Gasteiger partial charge is 0.573 e. The summed E-state index contributed by atoms with van der Waals surface area (Å²) in [5.74, 6) is -0.428. The fourth-order valence-corrected chi connectivity index (χ4v) is 12.2. The predicted octanol–water partition coefficient (Wildman–Crippen LogP) is 9.65. The maximum atomic E-state index is 15.5. The number of nitrogens with one attached hydrogen (secondary N) is 1. The molecule has 3 aromatic carbocycles. The van der Waals surface area contributed by atoms with Crippen molar-refractivity contribution >= 4 is 11.8 Å². The molecule has 3 aromatic rings. The van der Waals surface area contributed by atoms with E-state index in [2.05, 4.69) is 42.1 Å². The van der Waals surface area contributed by atoms with Gasteiger partial charge in [-0.2, -0.15) is 0 Å². The zero-order valence-corrected chi connectivity index (χ0v) is 33.1. The molecule has 0 aromatic heterocycles. The smallest absolute Gasteiger partial charge is 0.406 e. The lowest BCUT2D eigenvalue weighted by Gasteiger charge is -2.71. The topological polar surface area (TPSA) is 99.1 Å². The van der Waals surface area contributed by atoms with Crippen molar-refractivity contribution in [2.75, 3.05) is 6.54 Å². The van der Waals surface area contributed by atoms with E-state index < -0.39 is 34.3 Å². The molecule has 6 aliphatic rings. The Kier molecular flexibility index (Phi) is 9.59. The van der Waals surface area contributed by atoms with Crippen LogP contribution in [0, 0.1) is 33.5 Å². The van der Waals surface area contributed by atoms with Crippen LogP contribution in [0.1, 0.15) is 88.6 Å². The van der Waals surface area contributed by atoms with Gasteiger partial charge >= 0.3 is 12.4 Å². The van der Waals surface area contributed by atoms with Gasteiger partial charge in [0.15, 0.2) is 5.78 Å². The highest BCUT2D eigenvalue weighted by Gasteiger charge is 2.74. The Morgan fingerprint density at radius 2 is 1.53 bits per heavy atom. The Balaban J connectivity index is 1.19. The minimum atomic E-state index is -4.82. The van der Waals surface area contributed by atoms with Crippen molar-refractivity contribution in [1.82, 2.24) is 10.2 Å². The Bertz CT molecular complexity index is 2100. The number of fused-ring (bicyclic) bond motifs is 1. The molecule has 2 amide bonds. The van der Waals surface area contributed by atoms with E-state index in [1.165, 1.54) is 24.3 Å². The number of urea groups is 1. The van der Waals surface area contributed by atoms with Crippen LogP contribution in [0.25, 0.3) is 11.1 Å². The first-order valence-corrected chi connectivity index (χ1v) is 20.4. The molecular weight excluding hydrogens is 730 g/mol. The van der Waals surface area contributed by atoms with Gasteiger partial charge in [-0.1, -0.05) is 98.8 Å². The monoisotopic (exact) mass is 782 g/mol. The third-order valence-electron chi connectivity index (χ3n) is 14.9. The first-order valence-electron chi connectivity index (χ1n) is 20.4. The van der Waals surface area contributed by atoms with Crippen molar-refractivity contribution in [2.24, 2.45) is 33.5 Å². The zero-order valence-electron chi connectivity index (χ0n) is 33.1. The summed E-state index contributed by atoms with van der Waals surface area (Å²) < 4.78 is 42.8. The van der Waals surface area contributed by atoms with Crippen LogP contribution in [-0.2, 0) is 6.54 Å². The van der Waals surface area contributed by atoms with Crippen LogP contribution in [0.5, 0.6) is 5.75 Å². The van der Waals surface area contributed by atoms with Crippen LogP contribution in [0.4, 0.5) is 18.0 Å². The maximum Gasteiger partial charge on any atom is 0.573 e. The number of carbonyl (C=O) groups excluding carboxylic acids is 2. The quantitative estimate of drug-likeness (QED) is 0.148. The summed E-state index contributed by atoms with van der Waals surface area (Å²) in [6.45, 7) is 8.25. The second-order valence-corrected chi connectivity index (χ2v) is 18.2. The number of amides is 2. The van der Waals surface area contributed by atoms with Gasteiger partial charge in [0.2, 0.25) is 0 Å². The molecule has 3 saturated carbocycles. The number of aliphatic hydroxyl groups excluding tert-OH is 1. The highest BCUT2D eigenvalue weighted by atomic mass is 19.4. The number of hydrogen-bond donors (Lipinski definition) is 3. The molecule has 3 fully saturated rings. The molecule has 8 unspecified atom stereocenters. The van der Waals surface area contributed by atoms with E-state index >= 15 is 4.79 Å². The number of ketones is 1. The van der Waals surface area contributed by atoms with Crippen molar-refractivity contribution in [2.45, 2.75) is 103 Å². The summed E-state index contributed by atoms with van der Waals surface area (Å²) >= 11 is 0. The first-order chi connectivity index (χ1) is 26.9. The molecule has 3 N–H and O–H groups in total. The minimum Gasteiger partial charge on any atom is -0.406 e. The van der Waals surface area contributed by atoms with Crippen LogP contribution in [0.2, 0.25) is 0 Å². The van der Waals surface area contributed by atoms with Crippen LogP contribution in [-0.4, -0.2) is 57.6 Å². The number of halogens is 3. The van der Waals surface area contributed by atoms with Crippen molar-refractivity contribution in [3.8, 4) is 16.9 Å². The van der Waals surface area contributed by atoms with Crippen molar-refractivity contribution in [3.63, 3.8) is 0 Å². The highest BCUT2D eigenvalue weighted by Crippen LogP contribution is 2.78. The van der Waals surface area contributed by atoms with Gasteiger partial charge in [-0.3, -0.25) is 4.79 Å². The van der Waals surface area contributed by atoms with E-state index in [1.807, 2.05) is 68.4 Å². The molecule has 2 bridgehead atoms. The molecule has 0 saturated heterocycles. The van der Waals surface area contributed by atoms with Crippen molar-refractivity contribution < 1.29 is 37.7 Å². The lowest BCUT2D eigenvalue weighted by molar-refractivity contribution is -0.274. The van der Waals surface area contributed by atoms with Crippen molar-refractivity contribution in [1.29, 1.82) is 0 Å². The number of ether oxygens (including phenoxy) is 1. The van der Waals surface area contributed by atoms with E-state index in [0.29, 0.717) is 43.2 Å². The summed E-state index contributed by atoms with van der Waals surface area (Å²) in [6, 6.07) is 22.6. The molecule has 8 atom stereocenters. The zero-order chi connectivity index (χ0) is 40.6. The number of aliphatic hydroxyl groups is 2. The van der Waals surface area contributed by atoms with Gasteiger partial charge in [0.25, 0.3) is 0 Å². The van der Waals surface area contributed by atoms with Gasteiger partial charge < -0.3 is 25.2 Å². The Hall–Kier alpha value is -4.41. The SMILES string of the molecule is CC(C)NC(=O)N(Cc1ccc(OC(F)(F)F)cc1)CC1(O)CCC2C34C=CC5(C=C3C(=O)c3ccccc3-c3ccccc3)CC(O)CCC5(C)C4CCC21C. The number of rotatable bonds is 9.